The highest BCUT2D eigenvalue weighted by atomic mass is 32.2. The Hall–Kier alpha value is -1.68. The number of allylic oxidation sites excluding steroid dienone is 1. The van der Waals surface area contributed by atoms with Crippen LogP contribution in [0.5, 0.6) is 0 Å². The molecule has 0 saturated heterocycles. The molecule has 4 heteroatoms. The van der Waals surface area contributed by atoms with Crippen LogP contribution in [0, 0.1) is 5.41 Å². The van der Waals surface area contributed by atoms with Crippen LogP contribution in [0.1, 0.15) is 6.92 Å². The average Bonchev–Trinajstić information content (AvgIpc) is 2.54. The summed E-state index contributed by atoms with van der Waals surface area (Å²) < 4.78 is 13.7. The SMILES string of the molecule is C=C1C=C(C)N(S(=O)c2ccccc2)C1=N. The van der Waals surface area contributed by atoms with Gasteiger partial charge in [-0.05, 0) is 25.1 Å². The number of amidine groups is 1. The second kappa shape index (κ2) is 4.06. The second-order valence-corrected chi connectivity index (χ2v) is 4.85. The Balaban J connectivity index is 2.34. The van der Waals surface area contributed by atoms with Crippen LogP contribution < -0.4 is 0 Å². The number of hydrogen-bond donors (Lipinski definition) is 1. The largest absolute Gasteiger partial charge is 0.283 e. The highest BCUT2D eigenvalue weighted by molar-refractivity contribution is 7.83. The van der Waals surface area contributed by atoms with E-state index in [1.807, 2.05) is 25.1 Å². The van der Waals surface area contributed by atoms with E-state index in [0.29, 0.717) is 10.5 Å². The van der Waals surface area contributed by atoms with Gasteiger partial charge in [0.05, 0.1) is 4.90 Å². The Morgan fingerprint density at radius 1 is 1.31 bits per heavy atom. The summed E-state index contributed by atoms with van der Waals surface area (Å²) in [5.74, 6) is 0.208. The van der Waals surface area contributed by atoms with Crippen molar-refractivity contribution in [1.29, 1.82) is 5.41 Å². The van der Waals surface area contributed by atoms with Crippen molar-refractivity contribution in [3.63, 3.8) is 0 Å². The zero-order valence-electron chi connectivity index (χ0n) is 8.93. The van der Waals surface area contributed by atoms with E-state index in [-0.39, 0.29) is 5.84 Å². The van der Waals surface area contributed by atoms with Gasteiger partial charge in [0.1, 0.15) is 5.84 Å². The fourth-order valence-corrected chi connectivity index (χ4v) is 2.74. The molecule has 3 nitrogen and oxygen atoms in total. The molecule has 16 heavy (non-hydrogen) atoms. The van der Waals surface area contributed by atoms with E-state index < -0.39 is 11.0 Å². The Labute approximate surface area is 97.2 Å². The second-order valence-electron chi connectivity index (χ2n) is 3.52. The van der Waals surface area contributed by atoms with Crippen molar-refractivity contribution in [3.05, 3.63) is 54.3 Å². The van der Waals surface area contributed by atoms with Gasteiger partial charge < -0.3 is 0 Å². The molecule has 2 rings (SSSR count). The first-order valence-electron chi connectivity index (χ1n) is 4.84. The summed E-state index contributed by atoms with van der Waals surface area (Å²) in [6.45, 7) is 5.56. The number of benzene rings is 1. The van der Waals surface area contributed by atoms with E-state index in [1.165, 1.54) is 4.31 Å². The standard InChI is InChI=1S/C12H12N2OS/c1-9-8-10(2)14(12(9)13)16(15)11-6-4-3-5-7-11/h3-8,13H,1H2,2H3. The number of rotatable bonds is 2. The highest BCUT2D eigenvalue weighted by Gasteiger charge is 2.26. The van der Waals surface area contributed by atoms with Crippen molar-refractivity contribution < 1.29 is 4.21 Å². The molecular formula is C12H12N2OS. The van der Waals surface area contributed by atoms with Crippen LogP contribution in [0.2, 0.25) is 0 Å². The van der Waals surface area contributed by atoms with Crippen LogP contribution in [0.15, 0.2) is 59.2 Å². The minimum absolute atomic E-state index is 0.208. The molecular weight excluding hydrogens is 220 g/mol. The first-order chi connectivity index (χ1) is 7.61. The molecule has 1 aliphatic heterocycles. The van der Waals surface area contributed by atoms with Crippen molar-refractivity contribution >= 4 is 16.8 Å². The average molecular weight is 232 g/mol. The van der Waals surface area contributed by atoms with E-state index >= 15 is 0 Å². The zero-order valence-corrected chi connectivity index (χ0v) is 9.75. The number of nitrogens with zero attached hydrogens (tertiary/aromatic N) is 1. The normalized spacial score (nSPS) is 17.6. The predicted molar refractivity (Wildman–Crippen MR) is 65.3 cm³/mol. The van der Waals surface area contributed by atoms with Gasteiger partial charge in [-0.2, -0.15) is 0 Å². The molecule has 1 aromatic rings. The van der Waals surface area contributed by atoms with Crippen molar-refractivity contribution in [2.75, 3.05) is 0 Å². The minimum atomic E-state index is -1.36. The van der Waals surface area contributed by atoms with E-state index in [2.05, 4.69) is 6.58 Å². The maximum absolute atomic E-state index is 12.2. The smallest absolute Gasteiger partial charge is 0.158 e. The van der Waals surface area contributed by atoms with Gasteiger partial charge >= 0.3 is 0 Å². The Bertz CT molecular complexity index is 505. The molecule has 1 N–H and O–H groups in total. The zero-order chi connectivity index (χ0) is 11.7. The Kier molecular flexibility index (Phi) is 2.75. The Morgan fingerprint density at radius 2 is 1.94 bits per heavy atom. The molecule has 1 atom stereocenters. The third-order valence-electron chi connectivity index (χ3n) is 2.32. The summed E-state index contributed by atoms with van der Waals surface area (Å²) >= 11 is 0. The summed E-state index contributed by atoms with van der Waals surface area (Å²) in [4.78, 5) is 0.690. The third kappa shape index (κ3) is 1.72. The van der Waals surface area contributed by atoms with Gasteiger partial charge in [-0.15, -0.1) is 0 Å². The molecule has 1 heterocycles. The Morgan fingerprint density at radius 3 is 2.44 bits per heavy atom. The summed E-state index contributed by atoms with van der Waals surface area (Å²) in [5.41, 5.74) is 1.39. The third-order valence-corrected chi connectivity index (χ3v) is 3.80. The maximum atomic E-state index is 12.2. The molecule has 0 aromatic heterocycles. The van der Waals surface area contributed by atoms with Crippen molar-refractivity contribution in [2.24, 2.45) is 0 Å². The van der Waals surface area contributed by atoms with Gasteiger partial charge in [0.2, 0.25) is 0 Å². The lowest BCUT2D eigenvalue weighted by Gasteiger charge is -2.18. The van der Waals surface area contributed by atoms with E-state index in [4.69, 9.17) is 5.41 Å². The molecule has 82 valence electrons. The highest BCUT2D eigenvalue weighted by Crippen LogP contribution is 2.24. The molecule has 0 amide bonds. The van der Waals surface area contributed by atoms with Crippen LogP contribution >= 0.6 is 0 Å². The summed E-state index contributed by atoms with van der Waals surface area (Å²) in [7, 11) is -1.36. The van der Waals surface area contributed by atoms with Gasteiger partial charge in [0, 0.05) is 11.3 Å². The lowest BCUT2D eigenvalue weighted by Crippen LogP contribution is -2.26. The van der Waals surface area contributed by atoms with E-state index in [9.17, 15) is 4.21 Å². The van der Waals surface area contributed by atoms with E-state index in [0.717, 1.165) is 5.70 Å². The quantitative estimate of drug-likeness (QED) is 0.836. The molecule has 0 bridgehead atoms. The monoisotopic (exact) mass is 232 g/mol. The molecule has 0 radical (unpaired) electrons. The van der Waals surface area contributed by atoms with E-state index in [1.54, 1.807) is 18.2 Å². The first kappa shape index (κ1) is 10.8. The van der Waals surface area contributed by atoms with Crippen molar-refractivity contribution in [1.82, 2.24) is 4.31 Å². The maximum Gasteiger partial charge on any atom is 0.158 e. The van der Waals surface area contributed by atoms with Crippen molar-refractivity contribution in [3.8, 4) is 0 Å². The van der Waals surface area contributed by atoms with Gasteiger partial charge in [-0.1, -0.05) is 24.8 Å². The van der Waals surface area contributed by atoms with Crippen LogP contribution in [0.3, 0.4) is 0 Å². The fraction of sp³-hybridized carbons (Fsp3) is 0.0833. The van der Waals surface area contributed by atoms with Gasteiger partial charge in [0.15, 0.2) is 11.0 Å². The van der Waals surface area contributed by atoms with Gasteiger partial charge in [-0.25, -0.2) is 8.51 Å². The molecule has 0 saturated carbocycles. The minimum Gasteiger partial charge on any atom is -0.283 e. The molecule has 1 unspecified atom stereocenters. The lowest BCUT2D eigenvalue weighted by molar-refractivity contribution is 0.649. The van der Waals surface area contributed by atoms with Crippen LogP contribution in [0.4, 0.5) is 0 Å². The summed E-state index contributed by atoms with van der Waals surface area (Å²) in [5, 5.41) is 7.80. The molecule has 1 aromatic carbocycles. The van der Waals surface area contributed by atoms with Crippen molar-refractivity contribution in [2.45, 2.75) is 11.8 Å². The molecule has 1 aliphatic rings. The topological polar surface area (TPSA) is 44.2 Å². The van der Waals surface area contributed by atoms with Crippen LogP contribution in [-0.2, 0) is 11.0 Å². The van der Waals surface area contributed by atoms with Gasteiger partial charge in [-0.3, -0.25) is 5.41 Å². The predicted octanol–water partition coefficient (Wildman–Crippen LogP) is 2.46. The molecule has 0 spiro atoms. The summed E-state index contributed by atoms with van der Waals surface area (Å²) in [6.07, 6.45) is 1.77. The van der Waals surface area contributed by atoms with Crippen LogP contribution in [0.25, 0.3) is 0 Å². The summed E-state index contributed by atoms with van der Waals surface area (Å²) in [6, 6.07) is 9.12. The first-order valence-corrected chi connectivity index (χ1v) is 5.95. The van der Waals surface area contributed by atoms with Gasteiger partial charge in [0.25, 0.3) is 0 Å². The number of hydrogen-bond acceptors (Lipinski definition) is 2. The number of nitrogens with one attached hydrogen (secondary N) is 1. The fourth-order valence-electron chi connectivity index (χ4n) is 1.54. The molecule has 0 fully saturated rings. The van der Waals surface area contributed by atoms with Crippen LogP contribution in [-0.4, -0.2) is 14.3 Å². The lowest BCUT2D eigenvalue weighted by atomic mass is 10.3. The molecule has 0 aliphatic carbocycles.